The molecule has 7 heteroatoms. The smallest absolute Gasteiger partial charge is 0.322 e. The third-order valence-electron chi connectivity index (χ3n) is 4.57. The number of urea groups is 1. The van der Waals surface area contributed by atoms with Crippen molar-refractivity contribution in [2.45, 2.75) is 12.5 Å². The van der Waals surface area contributed by atoms with Crippen LogP contribution in [0.3, 0.4) is 0 Å². The Morgan fingerprint density at radius 1 is 1.03 bits per heavy atom. The standard InChI is InChI=1S/C23H31N3O4/c1-26(2,3)17-20(16-22(27)28)24-23(29)25(14-15-30-4)21-12-10-19(11-13-21)18-8-6-5-7-9-18/h5-13,20H,14-17H2,1-4H3,(H-,24,27,28,29)/p+1. The topological polar surface area (TPSA) is 78.9 Å². The van der Waals surface area contributed by atoms with Gasteiger partial charge in [-0.2, -0.15) is 0 Å². The van der Waals surface area contributed by atoms with Crippen LogP contribution in [-0.2, 0) is 9.53 Å². The zero-order valence-electron chi connectivity index (χ0n) is 18.2. The Balaban J connectivity index is 2.20. The van der Waals surface area contributed by atoms with Crippen molar-refractivity contribution in [3.8, 4) is 11.1 Å². The van der Waals surface area contributed by atoms with Gasteiger partial charge in [0.15, 0.2) is 0 Å². The first-order chi connectivity index (χ1) is 14.2. The van der Waals surface area contributed by atoms with E-state index in [1.807, 2.05) is 75.7 Å². The molecule has 0 heterocycles. The summed E-state index contributed by atoms with van der Waals surface area (Å²) in [5.41, 5.74) is 2.88. The van der Waals surface area contributed by atoms with Crippen LogP contribution in [0, 0.1) is 0 Å². The van der Waals surface area contributed by atoms with Gasteiger partial charge in [-0.05, 0) is 23.3 Å². The number of likely N-dealkylation sites (N-methyl/N-ethyl adjacent to an activating group) is 1. The second-order valence-corrected chi connectivity index (χ2v) is 8.27. The first kappa shape index (κ1) is 23.4. The molecule has 0 saturated heterocycles. The Bertz CT molecular complexity index is 817. The predicted octanol–water partition coefficient (Wildman–Crippen LogP) is 3.07. The predicted molar refractivity (Wildman–Crippen MR) is 119 cm³/mol. The average Bonchev–Trinajstić information content (AvgIpc) is 2.67. The number of carboxylic acids is 1. The van der Waals surface area contributed by atoms with E-state index in [0.717, 1.165) is 16.8 Å². The second-order valence-electron chi connectivity index (χ2n) is 8.27. The SMILES string of the molecule is COCCN(C(=O)NC(CC(=O)O)C[N+](C)(C)C)c1ccc(-c2ccccc2)cc1. The minimum atomic E-state index is -0.940. The van der Waals surface area contributed by atoms with Gasteiger partial charge < -0.3 is 19.6 Å². The van der Waals surface area contributed by atoms with Crippen molar-refractivity contribution < 1.29 is 23.9 Å². The molecular formula is C23H32N3O4+. The molecule has 2 rings (SSSR count). The number of carbonyl (C=O) groups is 2. The Hall–Kier alpha value is -2.90. The number of hydrogen-bond acceptors (Lipinski definition) is 3. The number of benzene rings is 2. The number of nitrogens with zero attached hydrogens (tertiary/aromatic N) is 2. The van der Waals surface area contributed by atoms with E-state index in [-0.39, 0.29) is 12.5 Å². The van der Waals surface area contributed by atoms with E-state index in [1.54, 1.807) is 12.0 Å². The van der Waals surface area contributed by atoms with Crippen molar-refractivity contribution in [2.24, 2.45) is 0 Å². The number of carbonyl (C=O) groups excluding carboxylic acids is 1. The summed E-state index contributed by atoms with van der Waals surface area (Å²) in [6.07, 6.45) is -0.133. The Kier molecular flexibility index (Phi) is 8.38. The molecule has 2 aromatic carbocycles. The fourth-order valence-electron chi connectivity index (χ4n) is 3.28. The van der Waals surface area contributed by atoms with Gasteiger partial charge in [-0.3, -0.25) is 9.69 Å². The highest BCUT2D eigenvalue weighted by Crippen LogP contribution is 2.23. The van der Waals surface area contributed by atoms with Gasteiger partial charge in [0, 0.05) is 12.8 Å². The number of amides is 2. The van der Waals surface area contributed by atoms with Gasteiger partial charge in [0.1, 0.15) is 0 Å². The molecule has 0 aromatic heterocycles. The fraction of sp³-hybridized carbons (Fsp3) is 0.391. The number of anilines is 1. The maximum Gasteiger partial charge on any atom is 0.322 e. The number of quaternary nitrogens is 1. The lowest BCUT2D eigenvalue weighted by atomic mass is 10.1. The number of methoxy groups -OCH3 is 1. The molecule has 162 valence electrons. The van der Waals surface area contributed by atoms with Crippen molar-refractivity contribution in [1.29, 1.82) is 0 Å². The third kappa shape index (κ3) is 7.50. The molecule has 0 aliphatic carbocycles. The summed E-state index contributed by atoms with van der Waals surface area (Å²) in [6.45, 7) is 1.23. The van der Waals surface area contributed by atoms with Crippen LogP contribution in [0.25, 0.3) is 11.1 Å². The maximum atomic E-state index is 13.0. The molecule has 0 bridgehead atoms. The lowest BCUT2D eigenvalue weighted by Gasteiger charge is -2.31. The molecule has 0 saturated carbocycles. The van der Waals surface area contributed by atoms with Crippen molar-refractivity contribution >= 4 is 17.7 Å². The van der Waals surface area contributed by atoms with Crippen LogP contribution in [0.4, 0.5) is 10.5 Å². The zero-order valence-corrected chi connectivity index (χ0v) is 18.2. The number of aliphatic carboxylic acids is 1. The van der Waals surface area contributed by atoms with E-state index in [1.165, 1.54) is 0 Å². The van der Waals surface area contributed by atoms with Gasteiger partial charge >= 0.3 is 12.0 Å². The van der Waals surface area contributed by atoms with E-state index in [0.29, 0.717) is 24.2 Å². The number of hydrogen-bond donors (Lipinski definition) is 2. The van der Waals surface area contributed by atoms with Crippen LogP contribution in [-0.4, -0.2) is 75.6 Å². The highest BCUT2D eigenvalue weighted by Gasteiger charge is 2.25. The summed E-state index contributed by atoms with van der Waals surface area (Å²) in [4.78, 5) is 25.9. The molecule has 2 amide bonds. The first-order valence-electron chi connectivity index (χ1n) is 9.94. The normalized spacial score (nSPS) is 12.3. The van der Waals surface area contributed by atoms with Gasteiger partial charge in [-0.25, -0.2) is 4.79 Å². The summed E-state index contributed by atoms with van der Waals surface area (Å²) in [7, 11) is 7.48. The molecule has 2 aromatic rings. The molecule has 0 aliphatic heterocycles. The van der Waals surface area contributed by atoms with E-state index in [4.69, 9.17) is 4.74 Å². The molecule has 0 fully saturated rings. The minimum absolute atomic E-state index is 0.133. The first-order valence-corrected chi connectivity index (χ1v) is 9.94. The van der Waals surface area contributed by atoms with Crippen LogP contribution >= 0.6 is 0 Å². The van der Waals surface area contributed by atoms with Crippen LogP contribution in [0.1, 0.15) is 6.42 Å². The summed E-state index contributed by atoms with van der Waals surface area (Å²) >= 11 is 0. The minimum Gasteiger partial charge on any atom is -0.481 e. The third-order valence-corrected chi connectivity index (χ3v) is 4.57. The second kappa shape index (κ2) is 10.8. The lowest BCUT2D eigenvalue weighted by Crippen LogP contribution is -2.53. The van der Waals surface area contributed by atoms with Crippen molar-refractivity contribution in [1.82, 2.24) is 5.32 Å². The Morgan fingerprint density at radius 2 is 1.63 bits per heavy atom. The molecule has 0 aliphatic rings. The lowest BCUT2D eigenvalue weighted by molar-refractivity contribution is -0.871. The van der Waals surface area contributed by atoms with E-state index in [9.17, 15) is 14.7 Å². The van der Waals surface area contributed by atoms with Gasteiger partial charge in [-0.15, -0.1) is 0 Å². The quantitative estimate of drug-likeness (QED) is 0.586. The Labute approximate surface area is 178 Å². The number of nitrogens with one attached hydrogen (secondary N) is 1. The molecule has 2 N–H and O–H groups in total. The highest BCUT2D eigenvalue weighted by molar-refractivity contribution is 5.92. The average molecular weight is 415 g/mol. The summed E-state index contributed by atoms with van der Waals surface area (Å²) in [5.74, 6) is -0.940. The molecular weight excluding hydrogens is 382 g/mol. The van der Waals surface area contributed by atoms with Gasteiger partial charge in [0.25, 0.3) is 0 Å². The van der Waals surface area contributed by atoms with Crippen molar-refractivity contribution in [3.63, 3.8) is 0 Å². The van der Waals surface area contributed by atoms with Crippen molar-refractivity contribution in [2.75, 3.05) is 52.8 Å². The van der Waals surface area contributed by atoms with Gasteiger partial charge in [0.05, 0.1) is 53.3 Å². The van der Waals surface area contributed by atoms with E-state index >= 15 is 0 Å². The molecule has 30 heavy (non-hydrogen) atoms. The van der Waals surface area contributed by atoms with Crippen molar-refractivity contribution in [3.05, 3.63) is 54.6 Å². The number of ether oxygens (including phenoxy) is 1. The van der Waals surface area contributed by atoms with E-state index in [2.05, 4.69) is 5.32 Å². The molecule has 0 spiro atoms. The Morgan fingerprint density at radius 3 is 2.17 bits per heavy atom. The number of rotatable bonds is 10. The highest BCUT2D eigenvalue weighted by atomic mass is 16.5. The van der Waals surface area contributed by atoms with Crippen LogP contribution in [0.15, 0.2) is 54.6 Å². The summed E-state index contributed by atoms with van der Waals surface area (Å²) < 4.78 is 5.71. The monoisotopic (exact) mass is 414 g/mol. The summed E-state index contributed by atoms with van der Waals surface area (Å²) in [6, 6.07) is 16.9. The molecule has 7 nitrogen and oxygen atoms in total. The maximum absolute atomic E-state index is 13.0. The van der Waals surface area contributed by atoms with Gasteiger partial charge in [0.2, 0.25) is 0 Å². The van der Waals surface area contributed by atoms with Gasteiger partial charge in [-0.1, -0.05) is 42.5 Å². The van der Waals surface area contributed by atoms with Crippen LogP contribution < -0.4 is 10.2 Å². The zero-order chi connectivity index (χ0) is 22.1. The largest absolute Gasteiger partial charge is 0.481 e. The van der Waals surface area contributed by atoms with E-state index < -0.39 is 12.0 Å². The molecule has 0 radical (unpaired) electrons. The summed E-state index contributed by atoms with van der Waals surface area (Å²) in [5, 5.41) is 12.1. The van der Waals surface area contributed by atoms with Crippen LogP contribution in [0.2, 0.25) is 0 Å². The number of carboxylic acid groups (broad SMARTS) is 1. The van der Waals surface area contributed by atoms with Crippen LogP contribution in [0.5, 0.6) is 0 Å². The fourth-order valence-corrected chi connectivity index (χ4v) is 3.28. The molecule has 1 atom stereocenters. The molecule has 1 unspecified atom stereocenters.